The summed E-state index contributed by atoms with van der Waals surface area (Å²) >= 11 is 0. The number of carbonyl (C=O) groups excluding carboxylic acids is 1. The fraction of sp³-hybridized carbons (Fsp3) is 0.938. The predicted molar refractivity (Wildman–Crippen MR) is 92.3 cm³/mol. The van der Waals surface area contributed by atoms with E-state index in [9.17, 15) is 13.2 Å². The number of rotatable bonds is 6. The molecule has 1 amide bonds. The molecule has 0 bridgehead atoms. The second-order valence-corrected chi connectivity index (χ2v) is 9.86. The Morgan fingerprint density at radius 3 is 2.61 bits per heavy atom. The van der Waals surface area contributed by atoms with Crippen LogP contribution in [0.1, 0.15) is 47.0 Å². The zero-order valence-corrected chi connectivity index (χ0v) is 15.9. The van der Waals surface area contributed by atoms with Crippen molar-refractivity contribution < 1.29 is 17.9 Å². The fourth-order valence-electron chi connectivity index (χ4n) is 2.84. The third kappa shape index (κ3) is 9.15. The lowest BCUT2D eigenvalue weighted by atomic mass is 9.95. The maximum absolute atomic E-state index is 12.1. The Morgan fingerprint density at radius 1 is 1.39 bits per heavy atom. The lowest BCUT2D eigenvalue weighted by molar-refractivity contribution is 0.0161. The molecule has 0 saturated carbocycles. The molecule has 23 heavy (non-hydrogen) atoms. The molecule has 1 saturated heterocycles. The van der Waals surface area contributed by atoms with Gasteiger partial charge in [0.1, 0.15) is 15.4 Å². The van der Waals surface area contributed by atoms with Crippen LogP contribution in [0.15, 0.2) is 0 Å². The Bertz CT molecular complexity index is 485. The van der Waals surface area contributed by atoms with E-state index in [1.54, 1.807) is 4.90 Å². The van der Waals surface area contributed by atoms with Crippen LogP contribution in [0.4, 0.5) is 4.79 Å². The molecule has 1 N–H and O–H groups in total. The zero-order valence-electron chi connectivity index (χ0n) is 15.1. The fourth-order valence-corrected chi connectivity index (χ4v) is 3.87. The average molecular weight is 349 g/mol. The van der Waals surface area contributed by atoms with Crippen molar-refractivity contribution in [3.8, 4) is 0 Å². The summed E-state index contributed by atoms with van der Waals surface area (Å²) in [5, 5.41) is 3.25. The molecule has 1 rings (SSSR count). The smallest absolute Gasteiger partial charge is 0.410 e. The van der Waals surface area contributed by atoms with Crippen molar-refractivity contribution >= 4 is 15.9 Å². The van der Waals surface area contributed by atoms with E-state index >= 15 is 0 Å². The normalized spacial score (nSPS) is 21.1. The Labute approximate surface area is 140 Å². The van der Waals surface area contributed by atoms with Gasteiger partial charge < -0.3 is 15.0 Å². The van der Waals surface area contributed by atoms with Crippen LogP contribution in [-0.2, 0) is 14.6 Å². The van der Waals surface area contributed by atoms with E-state index in [4.69, 9.17) is 4.74 Å². The second kappa shape index (κ2) is 8.33. The molecule has 0 aromatic rings. The quantitative estimate of drug-likeness (QED) is 0.795. The highest BCUT2D eigenvalue weighted by molar-refractivity contribution is 7.90. The third-order valence-corrected chi connectivity index (χ3v) is 4.87. The van der Waals surface area contributed by atoms with Gasteiger partial charge in [-0.15, -0.1) is 0 Å². The SMILES string of the molecule is CC(CS(C)(=O)=O)NCCC1CCCN(C(=O)OC(C)(C)C)C1. The number of nitrogens with zero attached hydrogens (tertiary/aromatic N) is 1. The third-order valence-electron chi connectivity index (χ3n) is 3.77. The van der Waals surface area contributed by atoms with Gasteiger partial charge in [0.25, 0.3) is 0 Å². The molecule has 0 aromatic heterocycles. The lowest BCUT2D eigenvalue weighted by Crippen LogP contribution is -2.43. The highest BCUT2D eigenvalue weighted by Crippen LogP contribution is 2.21. The van der Waals surface area contributed by atoms with Gasteiger partial charge in [-0.05, 0) is 59.4 Å². The van der Waals surface area contributed by atoms with Crippen molar-refractivity contribution in [2.45, 2.75) is 58.6 Å². The van der Waals surface area contributed by atoms with Crippen molar-refractivity contribution in [2.24, 2.45) is 5.92 Å². The van der Waals surface area contributed by atoms with E-state index in [-0.39, 0.29) is 17.9 Å². The first-order valence-electron chi connectivity index (χ1n) is 8.35. The van der Waals surface area contributed by atoms with E-state index in [0.29, 0.717) is 5.92 Å². The molecule has 136 valence electrons. The topological polar surface area (TPSA) is 75.7 Å². The summed E-state index contributed by atoms with van der Waals surface area (Å²) in [5.74, 6) is 0.594. The molecule has 1 heterocycles. The van der Waals surface area contributed by atoms with Gasteiger partial charge in [0.15, 0.2) is 0 Å². The van der Waals surface area contributed by atoms with Crippen LogP contribution < -0.4 is 5.32 Å². The van der Waals surface area contributed by atoms with Gasteiger partial charge in [0.2, 0.25) is 0 Å². The first-order valence-corrected chi connectivity index (χ1v) is 10.4. The van der Waals surface area contributed by atoms with Crippen LogP contribution in [0.3, 0.4) is 0 Å². The Balaban J connectivity index is 2.34. The number of amides is 1. The van der Waals surface area contributed by atoms with Crippen molar-refractivity contribution in [1.29, 1.82) is 0 Å². The second-order valence-electron chi connectivity index (χ2n) is 7.67. The summed E-state index contributed by atoms with van der Waals surface area (Å²) in [6.45, 7) is 9.75. The van der Waals surface area contributed by atoms with E-state index < -0.39 is 15.4 Å². The number of nitrogens with one attached hydrogen (secondary N) is 1. The maximum Gasteiger partial charge on any atom is 0.410 e. The standard InChI is InChI=1S/C16H32N2O4S/c1-13(12-23(5,20)21)17-9-8-14-7-6-10-18(11-14)15(19)22-16(2,3)4/h13-14,17H,6-12H2,1-5H3. The van der Waals surface area contributed by atoms with E-state index in [0.717, 1.165) is 38.9 Å². The molecular weight excluding hydrogens is 316 g/mol. The first-order chi connectivity index (χ1) is 10.5. The van der Waals surface area contributed by atoms with Crippen molar-refractivity contribution in [3.05, 3.63) is 0 Å². The Morgan fingerprint density at radius 2 is 2.04 bits per heavy atom. The Kier molecular flexibility index (Phi) is 7.32. The van der Waals surface area contributed by atoms with Crippen molar-refractivity contribution in [3.63, 3.8) is 0 Å². The molecule has 2 unspecified atom stereocenters. The minimum Gasteiger partial charge on any atom is -0.444 e. The molecule has 1 fully saturated rings. The van der Waals surface area contributed by atoms with Gasteiger partial charge in [-0.2, -0.15) is 0 Å². The summed E-state index contributed by atoms with van der Waals surface area (Å²) in [7, 11) is -2.95. The Hall–Kier alpha value is -0.820. The minimum atomic E-state index is -2.95. The van der Waals surface area contributed by atoms with Crippen LogP contribution in [0, 0.1) is 5.92 Å². The number of carbonyl (C=O) groups is 1. The van der Waals surface area contributed by atoms with Gasteiger partial charge in [0, 0.05) is 25.4 Å². The van der Waals surface area contributed by atoms with Gasteiger partial charge >= 0.3 is 6.09 Å². The molecule has 6 nitrogen and oxygen atoms in total. The van der Waals surface area contributed by atoms with E-state index in [2.05, 4.69) is 5.32 Å². The number of hydrogen-bond acceptors (Lipinski definition) is 5. The largest absolute Gasteiger partial charge is 0.444 e. The van der Waals surface area contributed by atoms with E-state index in [1.807, 2.05) is 27.7 Å². The number of ether oxygens (including phenoxy) is 1. The van der Waals surface area contributed by atoms with E-state index in [1.165, 1.54) is 6.26 Å². The maximum atomic E-state index is 12.1. The van der Waals surface area contributed by atoms with Gasteiger partial charge in [-0.1, -0.05) is 0 Å². The number of hydrogen-bond donors (Lipinski definition) is 1. The summed E-state index contributed by atoms with van der Waals surface area (Å²) in [5.41, 5.74) is -0.466. The predicted octanol–water partition coefficient (Wildman–Crippen LogP) is 2.05. The highest BCUT2D eigenvalue weighted by atomic mass is 32.2. The van der Waals surface area contributed by atoms with Gasteiger partial charge in [-0.3, -0.25) is 0 Å². The van der Waals surface area contributed by atoms with Crippen LogP contribution in [0.25, 0.3) is 0 Å². The molecule has 0 aliphatic carbocycles. The summed E-state index contributed by atoms with van der Waals surface area (Å²) in [6.07, 6.45) is 4.04. The molecule has 2 atom stereocenters. The monoisotopic (exact) mass is 348 g/mol. The number of likely N-dealkylation sites (tertiary alicyclic amines) is 1. The number of piperidine rings is 1. The molecule has 0 spiro atoms. The van der Waals surface area contributed by atoms with Gasteiger partial charge in [-0.25, -0.2) is 13.2 Å². The summed E-state index contributed by atoms with van der Waals surface area (Å²) < 4.78 is 27.9. The van der Waals surface area contributed by atoms with Crippen molar-refractivity contribution in [1.82, 2.24) is 10.2 Å². The lowest BCUT2D eigenvalue weighted by Gasteiger charge is -2.34. The first kappa shape index (κ1) is 20.2. The minimum absolute atomic E-state index is 0.0458. The highest BCUT2D eigenvalue weighted by Gasteiger charge is 2.27. The molecule has 1 aliphatic heterocycles. The van der Waals surface area contributed by atoms with Gasteiger partial charge in [0.05, 0.1) is 5.75 Å². The molecule has 1 aliphatic rings. The van der Waals surface area contributed by atoms with Crippen molar-refractivity contribution in [2.75, 3.05) is 31.6 Å². The molecule has 0 radical (unpaired) electrons. The van der Waals surface area contributed by atoms with Crippen LogP contribution in [-0.4, -0.2) is 62.7 Å². The summed E-state index contributed by atoms with van der Waals surface area (Å²) in [6, 6.07) is -0.0458. The number of sulfone groups is 1. The van der Waals surface area contributed by atoms with Crippen LogP contribution >= 0.6 is 0 Å². The summed E-state index contributed by atoms with van der Waals surface area (Å²) in [4.78, 5) is 13.9. The van der Waals surface area contributed by atoms with Crippen LogP contribution in [0.2, 0.25) is 0 Å². The van der Waals surface area contributed by atoms with Crippen LogP contribution in [0.5, 0.6) is 0 Å². The molecule has 7 heteroatoms. The molecule has 0 aromatic carbocycles. The zero-order chi connectivity index (χ0) is 17.7. The molecular formula is C16H32N2O4S. The average Bonchev–Trinajstić information content (AvgIpc) is 2.35.